The van der Waals surface area contributed by atoms with Crippen LogP contribution in [0.5, 0.6) is 11.6 Å². The van der Waals surface area contributed by atoms with Gasteiger partial charge in [0, 0.05) is 23.9 Å². The van der Waals surface area contributed by atoms with Crippen molar-refractivity contribution in [2.24, 2.45) is 0 Å². The number of amides is 1. The number of rotatable bonds is 6. The molecule has 2 heterocycles. The van der Waals surface area contributed by atoms with Crippen LogP contribution in [0.4, 0.5) is 8.78 Å². The number of alkyl halides is 2. The summed E-state index contributed by atoms with van der Waals surface area (Å²) in [5.41, 5.74) is 1.90. The quantitative estimate of drug-likeness (QED) is 0.707. The number of nitrogens with zero attached hydrogens (tertiary/aromatic N) is 2. The first-order chi connectivity index (χ1) is 14.0. The molecule has 2 aliphatic rings. The van der Waals surface area contributed by atoms with E-state index in [1.165, 1.54) is 18.3 Å². The molecule has 5 nitrogen and oxygen atoms in total. The summed E-state index contributed by atoms with van der Waals surface area (Å²) in [6, 6.07) is 10.6. The molecule has 2 aromatic rings. The zero-order valence-electron chi connectivity index (χ0n) is 16.3. The predicted molar refractivity (Wildman–Crippen MR) is 103 cm³/mol. The van der Waals surface area contributed by atoms with Gasteiger partial charge in [-0.25, -0.2) is 4.98 Å². The van der Waals surface area contributed by atoms with E-state index in [9.17, 15) is 13.6 Å². The number of hydrogen-bond donors (Lipinski definition) is 0. The van der Waals surface area contributed by atoms with Gasteiger partial charge in [0.2, 0.25) is 5.88 Å². The summed E-state index contributed by atoms with van der Waals surface area (Å²) < 4.78 is 35.1. The van der Waals surface area contributed by atoms with E-state index >= 15 is 0 Å². The largest absolute Gasteiger partial charge is 0.472 e. The normalized spacial score (nSPS) is 21.9. The zero-order valence-corrected chi connectivity index (χ0v) is 16.3. The number of hydrogen-bond acceptors (Lipinski definition) is 4. The predicted octanol–water partition coefficient (Wildman–Crippen LogP) is 4.63. The summed E-state index contributed by atoms with van der Waals surface area (Å²) in [6.07, 6.45) is 4.94. The molecule has 1 aliphatic carbocycles. The van der Waals surface area contributed by atoms with Crippen molar-refractivity contribution >= 4 is 5.91 Å². The topological polar surface area (TPSA) is 51.7 Å². The first-order valence-corrected chi connectivity index (χ1v) is 9.98. The first kappa shape index (κ1) is 19.6. The van der Waals surface area contributed by atoms with Crippen LogP contribution in [0.3, 0.4) is 0 Å². The molecule has 2 fully saturated rings. The second-order valence-corrected chi connectivity index (χ2v) is 7.69. The Morgan fingerprint density at radius 3 is 2.72 bits per heavy atom. The van der Waals surface area contributed by atoms with Crippen LogP contribution in [0.15, 0.2) is 42.6 Å². The van der Waals surface area contributed by atoms with Gasteiger partial charge >= 0.3 is 6.61 Å². The Morgan fingerprint density at radius 1 is 1.17 bits per heavy atom. The van der Waals surface area contributed by atoms with E-state index in [1.54, 1.807) is 0 Å². The molecule has 4 rings (SSSR count). The number of piperidine rings is 1. The van der Waals surface area contributed by atoms with Crippen molar-refractivity contribution in [3.63, 3.8) is 0 Å². The highest BCUT2D eigenvalue weighted by Gasteiger charge is 2.34. The SMILES string of the molecule is C[C@@H]1CC[C@@H](Oc2cc(OC(F)F)ccn2)CN1C(=O)c1ccccc1C1CC1. The molecule has 2 atom stereocenters. The molecule has 1 saturated heterocycles. The van der Waals surface area contributed by atoms with Gasteiger partial charge in [-0.05, 0) is 56.2 Å². The van der Waals surface area contributed by atoms with Crippen molar-refractivity contribution in [1.29, 1.82) is 0 Å². The fourth-order valence-corrected chi connectivity index (χ4v) is 3.85. The highest BCUT2D eigenvalue weighted by molar-refractivity contribution is 5.96. The minimum absolute atomic E-state index is 0.000436. The minimum Gasteiger partial charge on any atom is -0.472 e. The molecule has 1 amide bonds. The maximum atomic E-state index is 13.3. The van der Waals surface area contributed by atoms with E-state index in [0.29, 0.717) is 12.5 Å². The number of ether oxygens (including phenoxy) is 2. The van der Waals surface area contributed by atoms with Crippen molar-refractivity contribution in [2.75, 3.05) is 6.54 Å². The molecule has 29 heavy (non-hydrogen) atoms. The Morgan fingerprint density at radius 2 is 1.97 bits per heavy atom. The lowest BCUT2D eigenvalue weighted by molar-refractivity contribution is -0.0501. The third kappa shape index (κ3) is 4.66. The number of halogens is 2. The van der Waals surface area contributed by atoms with Crippen LogP contribution in [-0.2, 0) is 0 Å². The third-order valence-corrected chi connectivity index (χ3v) is 5.53. The lowest BCUT2D eigenvalue weighted by Crippen LogP contribution is -2.49. The number of benzene rings is 1. The summed E-state index contributed by atoms with van der Waals surface area (Å²) >= 11 is 0. The summed E-state index contributed by atoms with van der Waals surface area (Å²) in [7, 11) is 0. The molecule has 0 radical (unpaired) electrons. The van der Waals surface area contributed by atoms with Crippen molar-refractivity contribution in [3.05, 3.63) is 53.7 Å². The lowest BCUT2D eigenvalue weighted by Gasteiger charge is -2.38. The van der Waals surface area contributed by atoms with E-state index in [1.807, 2.05) is 36.1 Å². The van der Waals surface area contributed by atoms with Crippen LogP contribution in [-0.4, -0.2) is 41.1 Å². The molecular weight excluding hydrogens is 378 g/mol. The van der Waals surface area contributed by atoms with Gasteiger partial charge in [0.1, 0.15) is 11.9 Å². The molecule has 0 N–H and O–H groups in total. The van der Waals surface area contributed by atoms with E-state index < -0.39 is 6.61 Å². The van der Waals surface area contributed by atoms with Crippen LogP contribution in [0.1, 0.15) is 54.4 Å². The van der Waals surface area contributed by atoms with Gasteiger partial charge in [-0.15, -0.1) is 0 Å². The monoisotopic (exact) mass is 402 g/mol. The van der Waals surface area contributed by atoms with Crippen LogP contribution < -0.4 is 9.47 Å². The van der Waals surface area contributed by atoms with Crippen LogP contribution in [0.25, 0.3) is 0 Å². The molecule has 1 saturated carbocycles. The van der Waals surface area contributed by atoms with Crippen molar-refractivity contribution in [2.45, 2.75) is 57.3 Å². The highest BCUT2D eigenvalue weighted by atomic mass is 19.3. The summed E-state index contributed by atoms with van der Waals surface area (Å²) in [5.74, 6) is 0.731. The summed E-state index contributed by atoms with van der Waals surface area (Å²) in [4.78, 5) is 19.2. The molecule has 0 spiro atoms. The minimum atomic E-state index is -2.90. The average molecular weight is 402 g/mol. The number of carbonyl (C=O) groups excluding carboxylic acids is 1. The van der Waals surface area contributed by atoms with E-state index in [2.05, 4.69) is 9.72 Å². The Bertz CT molecular complexity index is 873. The Kier molecular flexibility index (Phi) is 5.65. The fourth-order valence-electron chi connectivity index (χ4n) is 3.85. The van der Waals surface area contributed by atoms with E-state index in [0.717, 1.165) is 36.8 Å². The molecule has 0 bridgehead atoms. The molecular formula is C22H24F2N2O3. The molecule has 1 aliphatic heterocycles. The Hall–Kier alpha value is -2.70. The van der Waals surface area contributed by atoms with Gasteiger partial charge in [-0.1, -0.05) is 18.2 Å². The van der Waals surface area contributed by atoms with E-state index in [-0.39, 0.29) is 29.7 Å². The Labute approximate surface area is 168 Å². The Balaban J connectivity index is 1.47. The van der Waals surface area contributed by atoms with Gasteiger partial charge in [-0.2, -0.15) is 8.78 Å². The van der Waals surface area contributed by atoms with Gasteiger partial charge in [0.25, 0.3) is 5.91 Å². The number of pyridine rings is 1. The van der Waals surface area contributed by atoms with Crippen LogP contribution >= 0.6 is 0 Å². The number of carbonyl (C=O) groups is 1. The lowest BCUT2D eigenvalue weighted by atomic mass is 9.97. The van der Waals surface area contributed by atoms with E-state index in [4.69, 9.17) is 4.74 Å². The third-order valence-electron chi connectivity index (χ3n) is 5.53. The van der Waals surface area contributed by atoms with Crippen molar-refractivity contribution < 1.29 is 23.0 Å². The van der Waals surface area contributed by atoms with Gasteiger partial charge < -0.3 is 14.4 Å². The smallest absolute Gasteiger partial charge is 0.387 e. The molecule has 154 valence electrons. The second kappa shape index (κ2) is 8.35. The van der Waals surface area contributed by atoms with Gasteiger partial charge in [0.15, 0.2) is 0 Å². The summed E-state index contributed by atoms with van der Waals surface area (Å²) in [5, 5.41) is 0. The first-order valence-electron chi connectivity index (χ1n) is 9.98. The summed E-state index contributed by atoms with van der Waals surface area (Å²) in [6.45, 7) is -0.426. The van der Waals surface area contributed by atoms with Crippen molar-refractivity contribution in [3.8, 4) is 11.6 Å². The average Bonchev–Trinajstić information content (AvgIpc) is 3.54. The standard InChI is InChI=1S/C22H24F2N2O3/c1-14-6-9-17(28-20-12-16(10-11-25-20)29-22(23)24)13-26(14)21(27)19-5-3-2-4-18(19)15-7-8-15/h2-5,10-12,14-15,17,22H,6-9,13H2,1H3/t14-,17-/m1/s1. The number of aromatic nitrogens is 1. The maximum absolute atomic E-state index is 13.3. The maximum Gasteiger partial charge on any atom is 0.387 e. The van der Waals surface area contributed by atoms with Gasteiger partial charge in [-0.3, -0.25) is 4.79 Å². The highest BCUT2D eigenvalue weighted by Crippen LogP contribution is 2.42. The molecule has 7 heteroatoms. The van der Waals surface area contributed by atoms with Gasteiger partial charge in [0.05, 0.1) is 6.54 Å². The fraction of sp³-hybridized carbons (Fsp3) is 0.455. The molecule has 1 aromatic heterocycles. The molecule has 1 aromatic carbocycles. The van der Waals surface area contributed by atoms with Crippen LogP contribution in [0.2, 0.25) is 0 Å². The molecule has 0 unspecified atom stereocenters. The second-order valence-electron chi connectivity index (χ2n) is 7.69. The zero-order chi connectivity index (χ0) is 20.4. The van der Waals surface area contributed by atoms with Crippen LogP contribution in [0, 0.1) is 0 Å². The number of likely N-dealkylation sites (tertiary alicyclic amines) is 1. The van der Waals surface area contributed by atoms with Crippen molar-refractivity contribution in [1.82, 2.24) is 9.88 Å².